The van der Waals surface area contributed by atoms with E-state index in [4.69, 9.17) is 11.6 Å². The monoisotopic (exact) mass is 310 g/mol. The van der Waals surface area contributed by atoms with Crippen LogP contribution in [0.2, 0.25) is 0 Å². The minimum Gasteiger partial charge on any atom is -0.370 e. The zero-order chi connectivity index (χ0) is 13.9. The number of anilines is 1. The topological polar surface area (TPSA) is 51.0 Å². The highest BCUT2D eigenvalue weighted by molar-refractivity contribution is 7.09. The number of alkyl halides is 1. The third-order valence-corrected chi connectivity index (χ3v) is 4.50. The molecular formula is C13H15ClN4OS. The van der Waals surface area contributed by atoms with Crippen LogP contribution in [-0.4, -0.2) is 27.9 Å². The fraction of sp³-hybridized carbons (Fsp3) is 0.462. The minimum absolute atomic E-state index is 0.0861. The molecule has 20 heavy (non-hydrogen) atoms. The summed E-state index contributed by atoms with van der Waals surface area (Å²) in [5.74, 6) is 0.396. The van der Waals surface area contributed by atoms with Gasteiger partial charge in [0.1, 0.15) is 5.01 Å². The molecule has 0 radical (unpaired) electrons. The molecule has 1 aliphatic rings. The summed E-state index contributed by atoms with van der Waals surface area (Å²) in [4.78, 5) is 18.6. The van der Waals surface area contributed by atoms with Crippen LogP contribution >= 0.6 is 22.9 Å². The average molecular weight is 311 g/mol. The SMILES string of the molecule is O=c1cc(N2CCCC2)cnn1Cc1nc(CCl)cs1. The van der Waals surface area contributed by atoms with Gasteiger partial charge in [0.2, 0.25) is 0 Å². The van der Waals surface area contributed by atoms with E-state index in [9.17, 15) is 4.79 Å². The van der Waals surface area contributed by atoms with Crippen molar-refractivity contribution in [2.45, 2.75) is 25.3 Å². The highest BCUT2D eigenvalue weighted by Gasteiger charge is 2.14. The first-order valence-electron chi connectivity index (χ1n) is 6.57. The number of thiazole rings is 1. The predicted molar refractivity (Wildman–Crippen MR) is 80.7 cm³/mol. The van der Waals surface area contributed by atoms with Gasteiger partial charge in [-0.25, -0.2) is 9.67 Å². The van der Waals surface area contributed by atoms with E-state index < -0.39 is 0 Å². The highest BCUT2D eigenvalue weighted by Crippen LogP contribution is 2.17. The lowest BCUT2D eigenvalue weighted by molar-refractivity contribution is 0.634. The van der Waals surface area contributed by atoms with Crippen molar-refractivity contribution in [3.63, 3.8) is 0 Å². The molecule has 2 aromatic rings. The van der Waals surface area contributed by atoms with Crippen molar-refractivity contribution >= 4 is 28.6 Å². The number of hydrogen-bond donors (Lipinski definition) is 0. The van der Waals surface area contributed by atoms with Crippen LogP contribution in [0.15, 0.2) is 22.4 Å². The summed E-state index contributed by atoms with van der Waals surface area (Å²) in [7, 11) is 0. The van der Waals surface area contributed by atoms with Crippen molar-refractivity contribution < 1.29 is 0 Å². The summed E-state index contributed by atoms with van der Waals surface area (Å²) < 4.78 is 1.44. The predicted octanol–water partition coefficient (Wildman–Crippen LogP) is 2.09. The first-order valence-corrected chi connectivity index (χ1v) is 7.99. The van der Waals surface area contributed by atoms with Crippen LogP contribution in [0.5, 0.6) is 0 Å². The van der Waals surface area contributed by atoms with E-state index >= 15 is 0 Å². The number of rotatable bonds is 4. The minimum atomic E-state index is -0.0861. The van der Waals surface area contributed by atoms with Gasteiger partial charge in [0, 0.05) is 24.5 Å². The maximum Gasteiger partial charge on any atom is 0.269 e. The number of aromatic nitrogens is 3. The molecule has 7 heteroatoms. The molecule has 5 nitrogen and oxygen atoms in total. The summed E-state index contributed by atoms with van der Waals surface area (Å²) in [6.45, 7) is 2.42. The molecule has 106 valence electrons. The van der Waals surface area contributed by atoms with Gasteiger partial charge in [0.25, 0.3) is 5.56 Å². The lowest BCUT2D eigenvalue weighted by Gasteiger charge is -2.16. The maximum absolute atomic E-state index is 12.1. The van der Waals surface area contributed by atoms with Gasteiger partial charge in [-0.2, -0.15) is 5.10 Å². The summed E-state index contributed by atoms with van der Waals surface area (Å²) >= 11 is 7.22. The molecule has 0 amide bonds. The van der Waals surface area contributed by atoms with Crippen LogP contribution in [0.4, 0.5) is 5.69 Å². The second-order valence-electron chi connectivity index (χ2n) is 4.77. The molecule has 0 saturated carbocycles. The van der Waals surface area contributed by atoms with E-state index in [-0.39, 0.29) is 5.56 Å². The Hall–Kier alpha value is -1.40. The van der Waals surface area contributed by atoms with Gasteiger partial charge >= 0.3 is 0 Å². The lowest BCUT2D eigenvalue weighted by atomic mass is 10.4. The Labute approximate surface area is 125 Å². The maximum atomic E-state index is 12.1. The quantitative estimate of drug-likeness (QED) is 0.811. The molecule has 0 unspecified atom stereocenters. The molecule has 3 heterocycles. The molecule has 0 atom stereocenters. The molecule has 0 aliphatic carbocycles. The molecule has 1 fully saturated rings. The summed E-state index contributed by atoms with van der Waals surface area (Å²) in [6, 6.07) is 1.66. The standard InChI is InChI=1S/C13H15ClN4OS/c14-6-10-9-20-12(16-10)8-18-13(19)5-11(7-15-18)17-3-1-2-4-17/h5,7,9H,1-4,6,8H2. The number of nitrogens with zero attached hydrogens (tertiary/aromatic N) is 4. The normalized spacial score (nSPS) is 14.9. The van der Waals surface area contributed by atoms with E-state index in [0.29, 0.717) is 12.4 Å². The van der Waals surface area contributed by atoms with E-state index in [2.05, 4.69) is 15.0 Å². The van der Waals surface area contributed by atoms with Crippen LogP contribution in [0.3, 0.4) is 0 Å². The average Bonchev–Trinajstić information content (AvgIpc) is 3.12. The number of halogens is 1. The lowest BCUT2D eigenvalue weighted by Crippen LogP contribution is -2.26. The van der Waals surface area contributed by atoms with Crippen LogP contribution in [0.25, 0.3) is 0 Å². The second kappa shape index (κ2) is 5.93. The second-order valence-corrected chi connectivity index (χ2v) is 5.98. The fourth-order valence-electron chi connectivity index (χ4n) is 2.30. The Balaban J connectivity index is 1.78. The van der Waals surface area contributed by atoms with Crippen molar-refractivity contribution in [2.24, 2.45) is 0 Å². The van der Waals surface area contributed by atoms with Gasteiger partial charge in [0.15, 0.2) is 0 Å². The van der Waals surface area contributed by atoms with Gasteiger partial charge in [-0.15, -0.1) is 22.9 Å². The van der Waals surface area contributed by atoms with E-state index in [1.807, 2.05) is 5.38 Å². The first-order chi connectivity index (χ1) is 9.76. The van der Waals surface area contributed by atoms with E-state index in [1.54, 1.807) is 12.3 Å². The third-order valence-electron chi connectivity index (χ3n) is 3.35. The third kappa shape index (κ3) is 2.86. The smallest absolute Gasteiger partial charge is 0.269 e. The number of hydrogen-bond acceptors (Lipinski definition) is 5. The van der Waals surface area contributed by atoms with Crippen molar-refractivity contribution in [1.82, 2.24) is 14.8 Å². The van der Waals surface area contributed by atoms with Gasteiger partial charge < -0.3 is 4.90 Å². The van der Waals surface area contributed by atoms with Crippen molar-refractivity contribution in [1.29, 1.82) is 0 Å². The molecule has 2 aromatic heterocycles. The summed E-state index contributed by atoms with van der Waals surface area (Å²) in [5.41, 5.74) is 1.68. The Kier molecular flexibility index (Phi) is 4.03. The Morgan fingerprint density at radius 3 is 2.80 bits per heavy atom. The van der Waals surface area contributed by atoms with Gasteiger partial charge in [-0.05, 0) is 12.8 Å². The summed E-state index contributed by atoms with van der Waals surface area (Å²) in [5, 5.41) is 7.01. The van der Waals surface area contributed by atoms with Gasteiger partial charge in [0.05, 0.1) is 30.0 Å². The van der Waals surface area contributed by atoms with Crippen molar-refractivity contribution in [3.05, 3.63) is 38.7 Å². The van der Waals surface area contributed by atoms with Gasteiger partial charge in [-0.3, -0.25) is 4.79 Å². The molecule has 3 rings (SSSR count). The molecule has 0 spiro atoms. The fourth-order valence-corrected chi connectivity index (χ4v) is 3.31. The molecule has 1 aliphatic heterocycles. The van der Waals surface area contributed by atoms with Gasteiger partial charge in [-0.1, -0.05) is 0 Å². The van der Waals surface area contributed by atoms with E-state index in [1.165, 1.54) is 28.9 Å². The Morgan fingerprint density at radius 2 is 2.15 bits per heavy atom. The van der Waals surface area contributed by atoms with Crippen molar-refractivity contribution in [2.75, 3.05) is 18.0 Å². The van der Waals surface area contributed by atoms with Crippen LogP contribution in [0.1, 0.15) is 23.5 Å². The highest BCUT2D eigenvalue weighted by atomic mass is 35.5. The molecule has 0 bridgehead atoms. The van der Waals surface area contributed by atoms with Crippen LogP contribution in [0, 0.1) is 0 Å². The van der Waals surface area contributed by atoms with E-state index in [0.717, 1.165) is 29.5 Å². The van der Waals surface area contributed by atoms with Crippen LogP contribution in [-0.2, 0) is 12.4 Å². The molecular weight excluding hydrogens is 296 g/mol. The van der Waals surface area contributed by atoms with Crippen molar-refractivity contribution in [3.8, 4) is 0 Å². The van der Waals surface area contributed by atoms with Crippen LogP contribution < -0.4 is 10.5 Å². The largest absolute Gasteiger partial charge is 0.370 e. The zero-order valence-electron chi connectivity index (χ0n) is 11.0. The zero-order valence-corrected chi connectivity index (χ0v) is 12.5. The molecule has 0 N–H and O–H groups in total. The molecule has 0 aromatic carbocycles. The Bertz CT molecular complexity index is 648. The molecule has 1 saturated heterocycles. The first kappa shape index (κ1) is 13.6. The summed E-state index contributed by atoms with van der Waals surface area (Å²) in [6.07, 6.45) is 4.13. The Morgan fingerprint density at radius 1 is 1.35 bits per heavy atom.